The van der Waals surface area contributed by atoms with E-state index in [4.69, 9.17) is 29.9 Å². The molecule has 6 nitrogen and oxygen atoms in total. The maximum atomic E-state index is 5.18. The van der Waals surface area contributed by atoms with Gasteiger partial charge in [0, 0.05) is 64.7 Å². The SMILES string of the molecule is Cc1cc(-c2ccccc2-c2ccccc2-c2nc(-c3ccccc3)nc(-c3ccccc3)n2)c2sc3c(-c4ccccc4-c4ccccc4-c4nc(-c5ccccc5)nc(-c5ccccc5)n4)cc(C)cc3c2c1. The minimum absolute atomic E-state index is 0.619. The summed E-state index contributed by atoms with van der Waals surface area (Å²) in [5.74, 6) is 3.75. The predicted molar refractivity (Wildman–Crippen MR) is 310 cm³/mol. The van der Waals surface area contributed by atoms with Crippen LogP contribution in [0.1, 0.15) is 11.1 Å². The number of aromatic nitrogens is 6. The maximum absolute atomic E-state index is 5.18. The molecule has 0 spiro atoms. The van der Waals surface area contributed by atoms with Crippen LogP contribution >= 0.6 is 11.3 Å². The van der Waals surface area contributed by atoms with Crippen molar-refractivity contribution in [2.75, 3.05) is 0 Å². The minimum atomic E-state index is 0.619. The first-order valence-electron chi connectivity index (χ1n) is 25.1. The van der Waals surface area contributed by atoms with E-state index in [0.717, 1.165) is 66.8 Å². The highest BCUT2D eigenvalue weighted by Gasteiger charge is 2.23. The molecule has 0 atom stereocenters. The number of rotatable bonds is 10. The number of fused-ring (bicyclic) bond motifs is 3. The van der Waals surface area contributed by atoms with Crippen molar-refractivity contribution in [3.05, 3.63) is 254 Å². The summed E-state index contributed by atoms with van der Waals surface area (Å²) in [6.45, 7) is 4.42. The van der Waals surface area contributed by atoms with Gasteiger partial charge in [-0.2, -0.15) is 0 Å². The average molecular weight is 979 g/mol. The Bertz CT molecular complexity index is 3860. The topological polar surface area (TPSA) is 77.3 Å². The van der Waals surface area contributed by atoms with Crippen LogP contribution in [0.3, 0.4) is 0 Å². The lowest BCUT2D eigenvalue weighted by atomic mass is 9.89. The number of benzene rings is 10. The molecule has 0 aliphatic heterocycles. The molecule has 0 aliphatic carbocycles. The zero-order chi connectivity index (χ0) is 50.2. The molecule has 3 aromatic heterocycles. The fraction of sp³-hybridized carbons (Fsp3) is 0.0294. The Kier molecular flexibility index (Phi) is 11.8. The lowest BCUT2D eigenvalue weighted by Crippen LogP contribution is -2.01. The Hall–Kier alpha value is -9.56. The third-order valence-corrected chi connectivity index (χ3v) is 15.0. The Morgan fingerprint density at radius 1 is 0.227 bits per heavy atom. The average Bonchev–Trinajstić information content (AvgIpc) is 3.86. The van der Waals surface area contributed by atoms with E-state index in [1.807, 2.05) is 133 Å². The van der Waals surface area contributed by atoms with Crippen LogP contribution in [0.15, 0.2) is 243 Å². The van der Waals surface area contributed by atoms with Gasteiger partial charge in [0.25, 0.3) is 0 Å². The molecule has 7 heteroatoms. The lowest BCUT2D eigenvalue weighted by molar-refractivity contribution is 1.07. The predicted octanol–water partition coefficient (Wildman–Crippen LogP) is 17.7. The van der Waals surface area contributed by atoms with E-state index < -0.39 is 0 Å². The molecule has 75 heavy (non-hydrogen) atoms. The number of hydrogen-bond donors (Lipinski definition) is 0. The van der Waals surface area contributed by atoms with Gasteiger partial charge in [0.1, 0.15) is 0 Å². The van der Waals surface area contributed by atoms with Gasteiger partial charge in [-0.25, -0.2) is 29.9 Å². The summed E-state index contributed by atoms with van der Waals surface area (Å²) in [5.41, 5.74) is 16.9. The van der Waals surface area contributed by atoms with Gasteiger partial charge >= 0.3 is 0 Å². The zero-order valence-corrected chi connectivity index (χ0v) is 42.0. The standard InChI is InChI=1S/C68H46N6S/c1-43-39-57(53-35-17-15-31-49(53)51-33-19-21-37-55(51)67-71-63(45-23-7-3-8-24-45)69-64(72-67)46-25-9-4-10-26-46)61-59(41-43)60-42-44(2)40-58(62(60)75-61)54-36-18-16-32-50(54)52-34-20-22-38-56(52)68-73-65(47-27-11-5-12-28-47)70-66(74-68)48-29-13-6-14-30-48/h3-42H,1-2H3. The second kappa shape index (κ2) is 19.5. The Morgan fingerprint density at radius 2 is 0.453 bits per heavy atom. The van der Waals surface area contributed by atoms with E-state index in [1.54, 1.807) is 0 Å². The number of nitrogens with zero attached hydrogens (tertiary/aromatic N) is 6. The Labute approximate surface area is 439 Å². The second-order valence-electron chi connectivity index (χ2n) is 18.7. The summed E-state index contributed by atoms with van der Waals surface area (Å²) in [4.78, 5) is 30.7. The van der Waals surface area contributed by atoms with Gasteiger partial charge in [0.15, 0.2) is 34.9 Å². The molecular weight excluding hydrogens is 933 g/mol. The quantitative estimate of drug-likeness (QED) is 0.136. The fourth-order valence-electron chi connectivity index (χ4n) is 10.3. The molecule has 0 amide bonds. The molecule has 0 N–H and O–H groups in total. The van der Waals surface area contributed by atoms with E-state index >= 15 is 0 Å². The van der Waals surface area contributed by atoms with Gasteiger partial charge < -0.3 is 0 Å². The molecule has 13 rings (SSSR count). The van der Waals surface area contributed by atoms with Crippen molar-refractivity contribution in [3.63, 3.8) is 0 Å². The van der Waals surface area contributed by atoms with Crippen molar-refractivity contribution in [2.24, 2.45) is 0 Å². The monoisotopic (exact) mass is 978 g/mol. The zero-order valence-electron chi connectivity index (χ0n) is 41.2. The van der Waals surface area contributed by atoms with E-state index in [2.05, 4.69) is 135 Å². The van der Waals surface area contributed by atoms with E-state index in [0.29, 0.717) is 34.9 Å². The molecule has 0 saturated heterocycles. The van der Waals surface area contributed by atoms with Gasteiger partial charge in [-0.1, -0.05) is 218 Å². The second-order valence-corrected chi connectivity index (χ2v) is 19.8. The molecule has 0 unspecified atom stereocenters. The van der Waals surface area contributed by atoms with E-state index in [1.165, 1.54) is 42.4 Å². The van der Waals surface area contributed by atoms with Crippen LogP contribution in [-0.4, -0.2) is 29.9 Å². The van der Waals surface area contributed by atoms with Crippen LogP contribution in [-0.2, 0) is 0 Å². The smallest absolute Gasteiger partial charge is 0.164 e. The van der Waals surface area contributed by atoms with Crippen molar-refractivity contribution in [2.45, 2.75) is 13.8 Å². The molecular formula is C68H46N6S. The summed E-state index contributed by atoms with van der Waals surface area (Å²) in [5, 5.41) is 2.47. The fourth-order valence-corrected chi connectivity index (χ4v) is 11.6. The normalized spacial score (nSPS) is 11.3. The number of thiophene rings is 1. The van der Waals surface area contributed by atoms with Crippen molar-refractivity contribution < 1.29 is 0 Å². The molecule has 354 valence electrons. The maximum Gasteiger partial charge on any atom is 0.164 e. The summed E-state index contributed by atoms with van der Waals surface area (Å²) >= 11 is 1.86. The highest BCUT2D eigenvalue weighted by Crippen LogP contribution is 2.49. The summed E-state index contributed by atoms with van der Waals surface area (Å²) in [6.07, 6.45) is 0. The third kappa shape index (κ3) is 8.65. The molecule has 0 fully saturated rings. The lowest BCUT2D eigenvalue weighted by Gasteiger charge is -2.16. The van der Waals surface area contributed by atoms with Crippen LogP contribution in [0.4, 0.5) is 0 Å². The van der Waals surface area contributed by atoms with Crippen LogP contribution < -0.4 is 0 Å². The first kappa shape index (κ1) is 45.3. The van der Waals surface area contributed by atoms with Gasteiger partial charge in [-0.15, -0.1) is 11.3 Å². The van der Waals surface area contributed by atoms with Crippen molar-refractivity contribution in [1.82, 2.24) is 29.9 Å². The van der Waals surface area contributed by atoms with Gasteiger partial charge in [-0.3, -0.25) is 0 Å². The van der Waals surface area contributed by atoms with Crippen LogP contribution in [0.25, 0.3) is 133 Å². The van der Waals surface area contributed by atoms with Crippen molar-refractivity contribution >= 4 is 31.5 Å². The highest BCUT2D eigenvalue weighted by molar-refractivity contribution is 7.27. The number of aryl methyl sites for hydroxylation is 2. The molecule has 10 aromatic carbocycles. The van der Waals surface area contributed by atoms with Crippen LogP contribution in [0, 0.1) is 13.8 Å². The van der Waals surface area contributed by atoms with Crippen LogP contribution in [0.2, 0.25) is 0 Å². The highest BCUT2D eigenvalue weighted by atomic mass is 32.1. The van der Waals surface area contributed by atoms with Gasteiger partial charge in [0.2, 0.25) is 0 Å². The van der Waals surface area contributed by atoms with Crippen LogP contribution in [0.5, 0.6) is 0 Å². The van der Waals surface area contributed by atoms with Crippen molar-refractivity contribution in [1.29, 1.82) is 0 Å². The van der Waals surface area contributed by atoms with Crippen molar-refractivity contribution in [3.8, 4) is 113 Å². The molecule has 13 aromatic rings. The largest absolute Gasteiger partial charge is 0.208 e. The molecule has 0 bridgehead atoms. The Morgan fingerprint density at radius 3 is 0.747 bits per heavy atom. The minimum Gasteiger partial charge on any atom is -0.208 e. The molecule has 0 saturated carbocycles. The molecule has 0 radical (unpaired) electrons. The third-order valence-electron chi connectivity index (χ3n) is 13.7. The Balaban J connectivity index is 0.967. The number of hydrogen-bond acceptors (Lipinski definition) is 7. The first-order chi connectivity index (χ1) is 37.0. The molecule has 0 aliphatic rings. The first-order valence-corrected chi connectivity index (χ1v) is 25.9. The van der Waals surface area contributed by atoms with E-state index in [9.17, 15) is 0 Å². The summed E-state index contributed by atoms with van der Waals surface area (Å²) in [7, 11) is 0. The molecule has 3 heterocycles. The van der Waals surface area contributed by atoms with Gasteiger partial charge in [-0.05, 0) is 82.6 Å². The summed E-state index contributed by atoms with van der Waals surface area (Å²) < 4.78 is 2.46. The van der Waals surface area contributed by atoms with Gasteiger partial charge in [0.05, 0.1) is 0 Å². The van der Waals surface area contributed by atoms with E-state index in [-0.39, 0.29) is 0 Å². The summed E-state index contributed by atoms with van der Waals surface area (Å²) in [6, 6.07) is 84.5.